The molecule has 0 spiro atoms. The lowest BCUT2D eigenvalue weighted by Crippen LogP contribution is -2.14. The molecule has 106 valence electrons. The Kier molecular flexibility index (Phi) is 4.66. The van der Waals surface area contributed by atoms with E-state index in [1.165, 1.54) is 12.3 Å². The van der Waals surface area contributed by atoms with Gasteiger partial charge in [-0.25, -0.2) is 4.98 Å². The van der Waals surface area contributed by atoms with Crippen LogP contribution in [0.2, 0.25) is 0 Å². The van der Waals surface area contributed by atoms with Crippen molar-refractivity contribution in [2.24, 2.45) is 0 Å². The Balaban J connectivity index is 1.85. The molecule has 21 heavy (non-hydrogen) atoms. The molecule has 0 aliphatic carbocycles. The van der Waals surface area contributed by atoms with Gasteiger partial charge in [-0.3, -0.25) is 10.1 Å². The maximum absolute atomic E-state index is 10.8. The summed E-state index contributed by atoms with van der Waals surface area (Å²) in [4.78, 5) is 14.5. The summed E-state index contributed by atoms with van der Waals surface area (Å²) in [5.41, 5.74) is 1.03. The van der Waals surface area contributed by atoms with Crippen molar-refractivity contribution in [1.29, 1.82) is 5.26 Å². The van der Waals surface area contributed by atoms with Gasteiger partial charge in [0, 0.05) is 25.4 Å². The van der Waals surface area contributed by atoms with Crippen LogP contribution in [0.1, 0.15) is 5.56 Å². The highest BCUT2D eigenvalue weighted by Gasteiger charge is 2.10. The highest BCUT2D eigenvalue weighted by molar-refractivity contribution is 5.61. The highest BCUT2D eigenvalue weighted by Crippen LogP contribution is 2.22. The van der Waals surface area contributed by atoms with Crippen LogP contribution in [0.3, 0.4) is 0 Å². The Morgan fingerprint density at radius 2 is 1.95 bits per heavy atom. The van der Waals surface area contributed by atoms with Crippen molar-refractivity contribution < 1.29 is 4.92 Å². The van der Waals surface area contributed by atoms with Gasteiger partial charge in [0.1, 0.15) is 17.6 Å². The molecule has 1 aromatic carbocycles. The van der Waals surface area contributed by atoms with Gasteiger partial charge in [0.15, 0.2) is 0 Å². The molecule has 0 atom stereocenters. The number of nitro benzene ring substituents is 1. The summed E-state index contributed by atoms with van der Waals surface area (Å²) in [5.74, 6) is 0.651. The van der Waals surface area contributed by atoms with E-state index in [1.807, 2.05) is 6.07 Å². The SMILES string of the molecule is N#Cc1ccc(NCCNc2ccccc2[N+](=O)[O-])nc1. The number of nitrogens with zero attached hydrogens (tertiary/aromatic N) is 3. The first-order valence-corrected chi connectivity index (χ1v) is 6.28. The maximum Gasteiger partial charge on any atom is 0.292 e. The molecule has 0 saturated heterocycles. The lowest BCUT2D eigenvalue weighted by atomic mass is 10.2. The second-order valence-electron chi connectivity index (χ2n) is 4.17. The van der Waals surface area contributed by atoms with Crippen LogP contribution >= 0.6 is 0 Å². The van der Waals surface area contributed by atoms with E-state index in [1.54, 1.807) is 30.3 Å². The molecule has 0 fully saturated rings. The molecule has 0 amide bonds. The van der Waals surface area contributed by atoms with Gasteiger partial charge < -0.3 is 10.6 Å². The molecule has 1 aromatic heterocycles. The molecular formula is C14H13N5O2. The van der Waals surface area contributed by atoms with E-state index in [4.69, 9.17) is 5.26 Å². The van der Waals surface area contributed by atoms with Crippen molar-refractivity contribution in [1.82, 2.24) is 4.98 Å². The average Bonchev–Trinajstić information content (AvgIpc) is 2.52. The van der Waals surface area contributed by atoms with Crippen molar-refractivity contribution in [2.75, 3.05) is 23.7 Å². The molecule has 0 radical (unpaired) electrons. The van der Waals surface area contributed by atoms with Gasteiger partial charge in [0.05, 0.1) is 10.5 Å². The molecule has 7 nitrogen and oxygen atoms in total. The zero-order chi connectivity index (χ0) is 15.1. The number of para-hydroxylation sites is 2. The number of nitro groups is 1. The molecular weight excluding hydrogens is 270 g/mol. The first-order valence-electron chi connectivity index (χ1n) is 6.28. The summed E-state index contributed by atoms with van der Waals surface area (Å²) >= 11 is 0. The summed E-state index contributed by atoms with van der Waals surface area (Å²) in [6.45, 7) is 1.05. The largest absolute Gasteiger partial charge is 0.378 e. The number of aromatic nitrogens is 1. The molecule has 0 aliphatic heterocycles. The van der Waals surface area contributed by atoms with Gasteiger partial charge in [-0.05, 0) is 18.2 Å². The summed E-state index contributed by atoms with van der Waals surface area (Å²) in [5, 5.41) is 25.6. The number of nitriles is 1. The van der Waals surface area contributed by atoms with Gasteiger partial charge in [-0.15, -0.1) is 0 Å². The highest BCUT2D eigenvalue weighted by atomic mass is 16.6. The first kappa shape index (κ1) is 14.3. The van der Waals surface area contributed by atoms with Crippen LogP contribution in [0.15, 0.2) is 42.6 Å². The van der Waals surface area contributed by atoms with E-state index in [2.05, 4.69) is 15.6 Å². The minimum atomic E-state index is -0.419. The third-order valence-corrected chi connectivity index (χ3v) is 2.74. The van der Waals surface area contributed by atoms with Crippen LogP contribution in [-0.2, 0) is 0 Å². The Labute approximate surface area is 121 Å². The lowest BCUT2D eigenvalue weighted by molar-refractivity contribution is -0.384. The maximum atomic E-state index is 10.8. The lowest BCUT2D eigenvalue weighted by Gasteiger charge is -2.08. The van der Waals surface area contributed by atoms with Crippen LogP contribution in [-0.4, -0.2) is 23.0 Å². The number of anilines is 2. The quantitative estimate of drug-likeness (QED) is 0.479. The van der Waals surface area contributed by atoms with Crippen LogP contribution in [0.5, 0.6) is 0 Å². The van der Waals surface area contributed by atoms with Gasteiger partial charge in [-0.2, -0.15) is 5.26 Å². The minimum Gasteiger partial charge on any atom is -0.378 e. The average molecular weight is 283 g/mol. The predicted molar refractivity (Wildman–Crippen MR) is 79.0 cm³/mol. The summed E-state index contributed by atoms with van der Waals surface area (Å²) in [7, 11) is 0. The van der Waals surface area contributed by atoms with Gasteiger partial charge >= 0.3 is 0 Å². The third kappa shape index (κ3) is 3.91. The third-order valence-electron chi connectivity index (χ3n) is 2.74. The summed E-state index contributed by atoms with van der Waals surface area (Å²) in [6.07, 6.45) is 1.48. The Hall–Kier alpha value is -3.14. The fourth-order valence-electron chi connectivity index (χ4n) is 1.73. The monoisotopic (exact) mass is 283 g/mol. The predicted octanol–water partition coefficient (Wildman–Crippen LogP) is 2.39. The fraction of sp³-hybridized carbons (Fsp3) is 0.143. The van der Waals surface area contributed by atoms with Gasteiger partial charge in [0.2, 0.25) is 0 Å². The molecule has 0 aliphatic rings. The van der Waals surface area contributed by atoms with Crippen molar-refractivity contribution in [3.63, 3.8) is 0 Å². The van der Waals surface area contributed by atoms with Gasteiger partial charge in [-0.1, -0.05) is 12.1 Å². The van der Waals surface area contributed by atoms with E-state index >= 15 is 0 Å². The fourth-order valence-corrected chi connectivity index (χ4v) is 1.73. The topological polar surface area (TPSA) is 104 Å². The zero-order valence-corrected chi connectivity index (χ0v) is 11.1. The van der Waals surface area contributed by atoms with Crippen molar-refractivity contribution in [3.05, 3.63) is 58.3 Å². The van der Waals surface area contributed by atoms with Gasteiger partial charge in [0.25, 0.3) is 5.69 Å². The van der Waals surface area contributed by atoms with Crippen molar-refractivity contribution in [3.8, 4) is 6.07 Å². The number of pyridine rings is 1. The number of benzene rings is 1. The smallest absolute Gasteiger partial charge is 0.292 e. The zero-order valence-electron chi connectivity index (χ0n) is 11.1. The summed E-state index contributed by atoms with van der Waals surface area (Å²) in [6, 6.07) is 11.9. The second kappa shape index (κ2) is 6.86. The van der Waals surface area contributed by atoms with E-state index in [0.717, 1.165) is 0 Å². The number of rotatable bonds is 6. The van der Waals surface area contributed by atoms with E-state index in [9.17, 15) is 10.1 Å². The van der Waals surface area contributed by atoms with Crippen molar-refractivity contribution in [2.45, 2.75) is 0 Å². The van der Waals surface area contributed by atoms with Crippen LogP contribution < -0.4 is 10.6 Å². The Bertz CT molecular complexity index is 664. The molecule has 2 aromatic rings. The molecule has 0 unspecified atom stereocenters. The number of hydrogen-bond donors (Lipinski definition) is 2. The Morgan fingerprint density at radius 1 is 1.19 bits per heavy atom. The minimum absolute atomic E-state index is 0.0500. The van der Waals surface area contributed by atoms with E-state index in [-0.39, 0.29) is 5.69 Å². The van der Waals surface area contributed by atoms with Crippen LogP contribution in [0.25, 0.3) is 0 Å². The molecule has 7 heteroatoms. The molecule has 2 N–H and O–H groups in total. The van der Waals surface area contributed by atoms with E-state index in [0.29, 0.717) is 30.2 Å². The van der Waals surface area contributed by atoms with E-state index < -0.39 is 4.92 Å². The second-order valence-corrected chi connectivity index (χ2v) is 4.17. The van der Waals surface area contributed by atoms with Crippen LogP contribution in [0.4, 0.5) is 17.2 Å². The molecule has 2 rings (SSSR count). The number of hydrogen-bond acceptors (Lipinski definition) is 6. The van der Waals surface area contributed by atoms with Crippen LogP contribution in [0, 0.1) is 21.4 Å². The number of nitrogens with one attached hydrogen (secondary N) is 2. The Morgan fingerprint density at radius 3 is 2.62 bits per heavy atom. The molecule has 0 saturated carbocycles. The molecule has 0 bridgehead atoms. The van der Waals surface area contributed by atoms with Crippen molar-refractivity contribution >= 4 is 17.2 Å². The molecule has 1 heterocycles. The first-order chi connectivity index (χ1) is 10.2. The normalized spacial score (nSPS) is 9.67. The standard InChI is InChI=1S/C14H13N5O2/c15-9-11-5-6-14(18-10-11)17-8-7-16-12-3-1-2-4-13(12)19(20)21/h1-6,10,16H,7-8H2,(H,17,18). The summed E-state index contributed by atoms with van der Waals surface area (Å²) < 4.78 is 0.